The first-order valence-electron chi connectivity index (χ1n) is 35.9. The van der Waals surface area contributed by atoms with Crippen LogP contribution >= 0.6 is 22.7 Å². The molecule has 11 rings (SSSR count). The highest BCUT2D eigenvalue weighted by Gasteiger charge is 2.48. The highest BCUT2D eigenvalue weighted by atomic mass is 32.1. The number of carbonyl (C=O) groups excluding carboxylic acids is 2. The van der Waals surface area contributed by atoms with Gasteiger partial charge in [0.1, 0.15) is 23.6 Å². The molecule has 0 aliphatic heterocycles. The van der Waals surface area contributed by atoms with Gasteiger partial charge in [-0.25, -0.2) is 0 Å². The summed E-state index contributed by atoms with van der Waals surface area (Å²) in [6.45, 7) is 9.22. The number of thiophene rings is 2. The Hall–Kier alpha value is -7.98. The second kappa shape index (κ2) is 31.5. The first-order valence-corrected chi connectivity index (χ1v) is 37.5. The Balaban J connectivity index is 1.05. The third-order valence-electron chi connectivity index (χ3n) is 21.3. The van der Waals surface area contributed by atoms with Crippen molar-refractivity contribution in [2.75, 3.05) is 0 Å². The molecular formula is C86H92N4O2S2. The summed E-state index contributed by atoms with van der Waals surface area (Å²) in [5.74, 6) is -1.84. The molecule has 4 aliphatic carbocycles. The minimum atomic E-state index is -0.975. The lowest BCUT2D eigenvalue weighted by atomic mass is 9.68. The number of carbonyl (C=O) groups is 2. The van der Waals surface area contributed by atoms with Gasteiger partial charge in [-0.3, -0.25) is 9.59 Å². The first-order chi connectivity index (χ1) is 46.1. The number of fused-ring (bicyclic) bond motifs is 8. The summed E-state index contributed by atoms with van der Waals surface area (Å²) in [4.78, 5) is 32.3. The standard InChI is InChI=1S/C86H92N4O2S2/c1-5-9-13-17-21-29-45-85(46-30-22-18-14-10-6-2)75-49-59(79-43-39-63(93-79)51-73-81(61(55-87)56-88)67-33-25-27-35-69(67)83(73)91)37-41-65(75)71-54-78-72(53-77(71)85)66-42-38-60(50-76(66)86(78,47-31-23-19-15-11-7-3)48-32-24-20-16-12-8-4)80-44-40-64(94-80)52-74-82(62(57-89)58-90)68-34-26-28-36-70(68)84(74)92/h25-28,33-44,49-54,61,81H,5-24,29-32,45-48H2,1-4H3/b73-51-,74-52-. The molecule has 2 heterocycles. The molecule has 94 heavy (non-hydrogen) atoms. The monoisotopic (exact) mass is 1280 g/mol. The van der Waals surface area contributed by atoms with Crippen LogP contribution in [0, 0.1) is 51.2 Å². The normalized spacial score (nSPS) is 16.0. The number of benzene rings is 5. The number of nitrogens with zero attached hydrogens (tertiary/aromatic N) is 4. The lowest BCUT2D eigenvalue weighted by molar-refractivity contribution is 0.103. The van der Waals surface area contributed by atoms with E-state index >= 15 is 0 Å². The first kappa shape index (κ1) is 67.4. The Morgan fingerprint density at radius 2 is 0.830 bits per heavy atom. The zero-order valence-corrected chi connectivity index (χ0v) is 57.7. The van der Waals surface area contributed by atoms with Crippen molar-refractivity contribution in [1.29, 1.82) is 21.0 Å². The van der Waals surface area contributed by atoms with E-state index < -0.39 is 11.8 Å². The van der Waals surface area contributed by atoms with E-state index in [-0.39, 0.29) is 28.0 Å². The third-order valence-corrected chi connectivity index (χ3v) is 23.4. The fourth-order valence-electron chi connectivity index (χ4n) is 16.4. The molecule has 0 radical (unpaired) electrons. The maximum Gasteiger partial charge on any atom is 0.194 e. The molecule has 1 unspecified atom stereocenters. The molecule has 0 N–H and O–H groups in total. The van der Waals surface area contributed by atoms with Crippen LogP contribution in [0.25, 0.3) is 60.9 Å². The summed E-state index contributed by atoms with van der Waals surface area (Å²) in [5.41, 5.74) is 17.2. The highest BCUT2D eigenvalue weighted by molar-refractivity contribution is 7.16. The topological polar surface area (TPSA) is 129 Å². The van der Waals surface area contributed by atoms with E-state index in [1.807, 2.05) is 54.6 Å². The van der Waals surface area contributed by atoms with Crippen LogP contribution in [-0.2, 0) is 10.8 Å². The number of rotatable bonds is 33. The fourth-order valence-corrected chi connectivity index (χ4v) is 18.3. The number of unbranched alkanes of at least 4 members (excludes halogenated alkanes) is 20. The molecule has 6 nitrogen and oxygen atoms in total. The van der Waals surface area contributed by atoms with Crippen LogP contribution in [0.4, 0.5) is 0 Å². The maximum absolute atomic E-state index is 14.1. The maximum atomic E-state index is 14.1. The van der Waals surface area contributed by atoms with Crippen molar-refractivity contribution in [3.63, 3.8) is 0 Å². The molecule has 2 aromatic heterocycles. The van der Waals surface area contributed by atoms with E-state index in [4.69, 9.17) is 0 Å². The van der Waals surface area contributed by atoms with Gasteiger partial charge in [0.25, 0.3) is 0 Å². The van der Waals surface area contributed by atoms with E-state index in [0.717, 1.165) is 76.4 Å². The van der Waals surface area contributed by atoms with Crippen molar-refractivity contribution in [2.45, 2.75) is 224 Å². The van der Waals surface area contributed by atoms with Gasteiger partial charge >= 0.3 is 0 Å². The van der Waals surface area contributed by atoms with Gasteiger partial charge in [-0.1, -0.05) is 255 Å². The van der Waals surface area contributed by atoms with Gasteiger partial charge in [0.05, 0.1) is 12.1 Å². The molecule has 8 heteroatoms. The highest BCUT2D eigenvalue weighted by Crippen LogP contribution is 2.62. The molecule has 480 valence electrons. The molecule has 7 aromatic rings. The van der Waals surface area contributed by atoms with Gasteiger partial charge in [-0.2, -0.15) is 21.0 Å². The van der Waals surface area contributed by atoms with E-state index in [9.17, 15) is 30.6 Å². The zero-order chi connectivity index (χ0) is 65.6. The predicted molar refractivity (Wildman–Crippen MR) is 391 cm³/mol. The number of hydrogen-bond acceptors (Lipinski definition) is 8. The summed E-state index contributed by atoms with van der Waals surface area (Å²) in [6.07, 6.45) is 37.8. The van der Waals surface area contributed by atoms with Crippen LogP contribution in [-0.4, -0.2) is 11.6 Å². The lowest BCUT2D eigenvalue weighted by Crippen LogP contribution is -2.27. The van der Waals surface area contributed by atoms with Crippen LogP contribution < -0.4 is 0 Å². The summed E-state index contributed by atoms with van der Waals surface area (Å²) >= 11 is 3.34. The van der Waals surface area contributed by atoms with Crippen LogP contribution in [0.1, 0.15) is 277 Å². The van der Waals surface area contributed by atoms with Gasteiger partial charge in [0, 0.05) is 64.1 Å². The molecule has 0 saturated carbocycles. The van der Waals surface area contributed by atoms with Crippen molar-refractivity contribution in [2.24, 2.45) is 5.92 Å². The van der Waals surface area contributed by atoms with E-state index in [1.54, 1.807) is 28.7 Å². The Morgan fingerprint density at radius 1 is 0.426 bits per heavy atom. The molecular weight excluding hydrogens is 1190 g/mol. The fraction of sp³-hybridized carbons (Fsp3) is 0.419. The van der Waals surface area contributed by atoms with Crippen LogP contribution in [0.3, 0.4) is 0 Å². The lowest BCUT2D eigenvalue weighted by Gasteiger charge is -2.35. The van der Waals surface area contributed by atoms with Crippen molar-refractivity contribution < 1.29 is 9.59 Å². The minimum absolute atomic E-state index is 0.0502. The summed E-state index contributed by atoms with van der Waals surface area (Å²) in [7, 11) is 0. The number of Topliss-reactive ketones (excluding diaryl/α,β-unsaturated/α-hetero) is 2. The Labute approximate surface area is 568 Å². The van der Waals surface area contributed by atoms with E-state index in [0.29, 0.717) is 33.4 Å². The van der Waals surface area contributed by atoms with E-state index in [2.05, 4.69) is 125 Å². The Kier molecular flexibility index (Phi) is 22.6. The average molecular weight is 1280 g/mol. The second-order valence-corrected chi connectivity index (χ2v) is 29.5. The van der Waals surface area contributed by atoms with Gasteiger partial charge in [-0.05, 0) is 153 Å². The van der Waals surface area contributed by atoms with E-state index in [1.165, 1.54) is 184 Å². The third kappa shape index (κ3) is 13.6. The second-order valence-electron chi connectivity index (χ2n) is 27.2. The summed E-state index contributed by atoms with van der Waals surface area (Å²) < 4.78 is 0. The van der Waals surface area contributed by atoms with Crippen LogP contribution in [0.15, 0.2) is 138 Å². The number of ketones is 2. The summed E-state index contributed by atoms with van der Waals surface area (Å²) in [5, 5.41) is 40.6. The molecule has 4 aliphatic rings. The van der Waals surface area contributed by atoms with Crippen molar-refractivity contribution in [3.8, 4) is 67.4 Å². The van der Waals surface area contributed by atoms with Crippen molar-refractivity contribution >= 4 is 52.0 Å². The Morgan fingerprint density at radius 3 is 1.28 bits per heavy atom. The molecule has 0 spiro atoms. The number of nitriles is 4. The van der Waals surface area contributed by atoms with Crippen LogP contribution in [0.2, 0.25) is 0 Å². The van der Waals surface area contributed by atoms with Crippen molar-refractivity contribution in [1.82, 2.24) is 0 Å². The Bertz CT molecular complexity index is 4130. The summed E-state index contributed by atoms with van der Waals surface area (Å²) in [6, 6.07) is 52.1. The molecule has 0 amide bonds. The van der Waals surface area contributed by atoms with Crippen molar-refractivity contribution in [3.05, 3.63) is 192 Å². The smallest absolute Gasteiger partial charge is 0.194 e. The van der Waals surface area contributed by atoms with Gasteiger partial charge in [0.15, 0.2) is 11.6 Å². The number of hydrogen-bond donors (Lipinski definition) is 0. The minimum Gasteiger partial charge on any atom is -0.289 e. The zero-order valence-electron chi connectivity index (χ0n) is 56.1. The molecule has 0 saturated heterocycles. The SMILES string of the molecule is CCCCCCCCC1(CCCCCCCC)c2cc(-c3ccc(/C=C4\C(=O)c5ccccc5C4=C(C#N)C#N)s3)ccc2-c2cc3c(cc21)-c1ccc(-c2ccc(/C=C4\C(=O)c5ccccc5C4C(C#N)C#N)s2)cc1C3(CCCCCCCC)CCCCCCCC. The van der Waals surface area contributed by atoms with Gasteiger partial charge < -0.3 is 0 Å². The number of allylic oxidation sites excluding steroid dienone is 4. The van der Waals surface area contributed by atoms with Crippen LogP contribution in [0.5, 0.6) is 0 Å². The van der Waals surface area contributed by atoms with Gasteiger partial charge in [-0.15, -0.1) is 22.7 Å². The molecule has 1 atom stereocenters. The molecule has 0 bridgehead atoms. The molecule has 0 fully saturated rings. The average Bonchev–Trinajstić information content (AvgIpc) is 1.53. The largest absolute Gasteiger partial charge is 0.289 e. The quantitative estimate of drug-likeness (QED) is 0.0229. The molecule has 5 aromatic carbocycles. The van der Waals surface area contributed by atoms with Gasteiger partial charge in [0.2, 0.25) is 0 Å². The predicted octanol–water partition coefficient (Wildman–Crippen LogP) is 24.8.